The van der Waals surface area contributed by atoms with Gasteiger partial charge in [-0.1, -0.05) is 76.5 Å². The number of hydrogen-bond acceptors (Lipinski definition) is 5. The molecule has 0 saturated heterocycles. The van der Waals surface area contributed by atoms with Crippen LogP contribution in [0.4, 0.5) is 0 Å². The summed E-state index contributed by atoms with van der Waals surface area (Å²) in [6, 6.07) is 0. The van der Waals surface area contributed by atoms with Gasteiger partial charge < -0.3 is 5.73 Å². The molecule has 0 fully saturated rings. The predicted molar refractivity (Wildman–Crippen MR) is 89.4 cm³/mol. The third-order valence-electron chi connectivity index (χ3n) is 3.57. The van der Waals surface area contributed by atoms with Gasteiger partial charge >= 0.3 is 0 Å². The second-order valence-corrected chi connectivity index (χ2v) is 6.57. The highest BCUT2D eigenvalue weighted by molar-refractivity contribution is 7.99. The average Bonchev–Trinajstić information content (AvgIpc) is 2.92. The smallest absolute Gasteiger partial charge is 0.209 e. The molecule has 0 aliphatic heterocycles. The Bertz CT molecular complexity index is 343. The Balaban J connectivity index is 1.89. The molecule has 0 spiro atoms. The largest absolute Gasteiger partial charge is 0.329 e. The van der Waals surface area contributed by atoms with Crippen molar-refractivity contribution in [3.8, 4) is 0 Å². The zero-order chi connectivity index (χ0) is 15.2. The standard InChI is InChI=1S/C15H31N5S/c1-2-3-4-5-6-7-8-9-10-11-14-21-15-17-18-19-20(15)13-12-16/h2-14,16H2,1H3. The second kappa shape index (κ2) is 13.1. The SMILES string of the molecule is CCCCCCCCCCCCSc1nnnn1CCN. The van der Waals surface area contributed by atoms with Crippen LogP contribution in [0.2, 0.25) is 0 Å². The second-order valence-electron chi connectivity index (χ2n) is 5.50. The van der Waals surface area contributed by atoms with E-state index in [0.717, 1.165) is 10.9 Å². The van der Waals surface area contributed by atoms with Gasteiger partial charge in [-0.15, -0.1) is 5.10 Å². The molecule has 0 radical (unpaired) electrons. The van der Waals surface area contributed by atoms with Crippen molar-refractivity contribution < 1.29 is 0 Å². The number of nitrogens with zero attached hydrogens (tertiary/aromatic N) is 4. The molecule has 2 N–H and O–H groups in total. The van der Waals surface area contributed by atoms with Crippen molar-refractivity contribution in [2.24, 2.45) is 5.73 Å². The lowest BCUT2D eigenvalue weighted by Crippen LogP contribution is -2.12. The molecule has 122 valence electrons. The van der Waals surface area contributed by atoms with Gasteiger partial charge in [-0.3, -0.25) is 0 Å². The quantitative estimate of drug-likeness (QED) is 0.419. The molecular weight excluding hydrogens is 282 g/mol. The zero-order valence-electron chi connectivity index (χ0n) is 13.5. The summed E-state index contributed by atoms with van der Waals surface area (Å²) in [5.41, 5.74) is 5.52. The molecular formula is C15H31N5S. The van der Waals surface area contributed by atoms with Gasteiger partial charge in [-0.25, -0.2) is 4.68 Å². The Morgan fingerprint density at radius 3 is 2.19 bits per heavy atom. The van der Waals surface area contributed by atoms with E-state index in [9.17, 15) is 0 Å². The Kier molecular flexibility index (Phi) is 11.5. The van der Waals surface area contributed by atoms with Crippen LogP contribution in [0.5, 0.6) is 0 Å². The monoisotopic (exact) mass is 313 g/mol. The lowest BCUT2D eigenvalue weighted by atomic mass is 10.1. The van der Waals surface area contributed by atoms with Crippen molar-refractivity contribution >= 4 is 11.8 Å². The minimum absolute atomic E-state index is 0.580. The van der Waals surface area contributed by atoms with E-state index in [0.29, 0.717) is 13.1 Å². The molecule has 0 aliphatic rings. The van der Waals surface area contributed by atoms with Crippen LogP contribution in [0.1, 0.15) is 71.1 Å². The van der Waals surface area contributed by atoms with Gasteiger partial charge in [-0.05, 0) is 16.8 Å². The van der Waals surface area contributed by atoms with Crippen LogP contribution in [-0.4, -0.2) is 32.5 Å². The van der Waals surface area contributed by atoms with Crippen molar-refractivity contribution in [2.45, 2.75) is 82.8 Å². The van der Waals surface area contributed by atoms with Crippen molar-refractivity contribution in [1.82, 2.24) is 20.2 Å². The molecule has 0 bridgehead atoms. The molecule has 0 aliphatic carbocycles. The van der Waals surface area contributed by atoms with E-state index >= 15 is 0 Å². The maximum atomic E-state index is 5.52. The van der Waals surface area contributed by atoms with Gasteiger partial charge in [0.1, 0.15) is 0 Å². The highest BCUT2D eigenvalue weighted by Crippen LogP contribution is 2.17. The molecule has 0 atom stereocenters. The summed E-state index contributed by atoms with van der Waals surface area (Å²) in [4.78, 5) is 0. The Hall–Kier alpha value is -0.620. The fourth-order valence-corrected chi connectivity index (χ4v) is 3.22. The summed E-state index contributed by atoms with van der Waals surface area (Å²) in [7, 11) is 0. The van der Waals surface area contributed by atoms with E-state index in [1.165, 1.54) is 64.2 Å². The van der Waals surface area contributed by atoms with E-state index in [1.54, 1.807) is 16.4 Å². The molecule has 0 saturated carbocycles. The molecule has 0 aromatic carbocycles. The van der Waals surface area contributed by atoms with Crippen molar-refractivity contribution in [3.05, 3.63) is 0 Å². The molecule has 6 heteroatoms. The molecule has 0 unspecified atom stereocenters. The minimum atomic E-state index is 0.580. The maximum Gasteiger partial charge on any atom is 0.209 e. The lowest BCUT2D eigenvalue weighted by molar-refractivity contribution is 0.555. The van der Waals surface area contributed by atoms with Crippen molar-refractivity contribution in [2.75, 3.05) is 12.3 Å². The first-order chi connectivity index (χ1) is 10.4. The third-order valence-corrected chi connectivity index (χ3v) is 4.61. The number of unbranched alkanes of at least 4 members (excludes halogenated alkanes) is 9. The number of thioether (sulfide) groups is 1. The zero-order valence-corrected chi connectivity index (χ0v) is 14.3. The summed E-state index contributed by atoms with van der Waals surface area (Å²) in [6.45, 7) is 3.55. The Morgan fingerprint density at radius 2 is 1.57 bits per heavy atom. The van der Waals surface area contributed by atoms with Crippen molar-refractivity contribution in [1.29, 1.82) is 0 Å². The predicted octanol–water partition coefficient (Wildman–Crippen LogP) is 3.64. The first-order valence-corrected chi connectivity index (χ1v) is 9.46. The summed E-state index contributed by atoms with van der Waals surface area (Å²) in [5.74, 6) is 1.10. The van der Waals surface area contributed by atoms with E-state index in [1.807, 2.05) is 0 Å². The normalized spacial score (nSPS) is 11.1. The van der Waals surface area contributed by atoms with Gasteiger partial charge in [0.25, 0.3) is 0 Å². The van der Waals surface area contributed by atoms with Gasteiger partial charge in [0.15, 0.2) is 0 Å². The first-order valence-electron chi connectivity index (χ1n) is 8.47. The van der Waals surface area contributed by atoms with E-state index in [2.05, 4.69) is 22.4 Å². The summed E-state index contributed by atoms with van der Waals surface area (Å²) in [6.07, 6.45) is 13.7. The van der Waals surface area contributed by atoms with Crippen LogP contribution in [0.25, 0.3) is 0 Å². The first kappa shape index (κ1) is 18.4. The van der Waals surface area contributed by atoms with E-state index in [4.69, 9.17) is 5.73 Å². The van der Waals surface area contributed by atoms with Crippen LogP contribution in [0.3, 0.4) is 0 Å². The molecule has 1 aromatic rings. The number of aromatic nitrogens is 4. The van der Waals surface area contributed by atoms with Gasteiger partial charge in [0.05, 0.1) is 6.54 Å². The maximum absolute atomic E-state index is 5.52. The fourth-order valence-electron chi connectivity index (χ4n) is 2.32. The highest BCUT2D eigenvalue weighted by atomic mass is 32.2. The van der Waals surface area contributed by atoms with Crippen molar-refractivity contribution in [3.63, 3.8) is 0 Å². The number of tetrazole rings is 1. The van der Waals surface area contributed by atoms with Crippen LogP contribution < -0.4 is 5.73 Å². The van der Waals surface area contributed by atoms with Gasteiger partial charge in [0.2, 0.25) is 5.16 Å². The van der Waals surface area contributed by atoms with Crippen LogP contribution in [-0.2, 0) is 6.54 Å². The Morgan fingerprint density at radius 1 is 0.952 bits per heavy atom. The summed E-state index contributed by atoms with van der Waals surface area (Å²) in [5, 5.41) is 12.6. The van der Waals surface area contributed by atoms with E-state index in [-0.39, 0.29) is 0 Å². The van der Waals surface area contributed by atoms with Crippen LogP contribution >= 0.6 is 11.8 Å². The third kappa shape index (κ3) is 9.09. The molecule has 5 nitrogen and oxygen atoms in total. The molecule has 1 rings (SSSR count). The van der Waals surface area contributed by atoms with E-state index < -0.39 is 0 Å². The summed E-state index contributed by atoms with van der Waals surface area (Å²) < 4.78 is 1.79. The summed E-state index contributed by atoms with van der Waals surface area (Å²) >= 11 is 1.74. The molecule has 1 aromatic heterocycles. The fraction of sp³-hybridized carbons (Fsp3) is 0.933. The Labute approximate surface area is 133 Å². The van der Waals surface area contributed by atoms with Gasteiger partial charge in [-0.2, -0.15) is 0 Å². The highest BCUT2D eigenvalue weighted by Gasteiger charge is 2.05. The molecule has 21 heavy (non-hydrogen) atoms. The molecule has 0 amide bonds. The van der Waals surface area contributed by atoms with Gasteiger partial charge in [0, 0.05) is 12.3 Å². The average molecular weight is 314 g/mol. The lowest BCUT2D eigenvalue weighted by Gasteiger charge is -2.03. The van der Waals surface area contributed by atoms with Crippen LogP contribution in [0.15, 0.2) is 5.16 Å². The number of rotatable bonds is 14. The topological polar surface area (TPSA) is 69.6 Å². The van der Waals surface area contributed by atoms with Crippen LogP contribution in [0, 0.1) is 0 Å². The minimum Gasteiger partial charge on any atom is -0.329 e. The number of hydrogen-bond donors (Lipinski definition) is 1. The number of nitrogens with two attached hydrogens (primary N) is 1. The molecule has 1 heterocycles.